The molecule has 0 spiro atoms. The van der Waals surface area contributed by atoms with Crippen LogP contribution in [0.1, 0.15) is 40.0 Å². The van der Waals surface area contributed by atoms with Crippen LogP contribution in [-0.4, -0.2) is 40.7 Å². The Hall–Kier alpha value is -1.30. The molecule has 0 bridgehead atoms. The summed E-state index contributed by atoms with van der Waals surface area (Å²) in [6.45, 7) is 7.20. The van der Waals surface area contributed by atoms with Crippen LogP contribution in [0.15, 0.2) is 11.6 Å². The van der Waals surface area contributed by atoms with Gasteiger partial charge in [0, 0.05) is 30.7 Å². The molecule has 1 aromatic heterocycles. The summed E-state index contributed by atoms with van der Waals surface area (Å²) in [6, 6.07) is 0.383. The average molecular weight is 297 g/mol. The Morgan fingerprint density at radius 2 is 2.25 bits per heavy atom. The summed E-state index contributed by atoms with van der Waals surface area (Å²) < 4.78 is 5.43. The standard InChI is InChI=1S/C14H23N3O2S/c1-14(2,3)19-13(18)17-8-4-5-11(6-9-17)16-12-15-7-10-20-12/h7,10-11H,4-6,8-9H2,1-3H3,(H,15,16). The second kappa shape index (κ2) is 6.43. The highest BCUT2D eigenvalue weighted by atomic mass is 32.1. The number of likely N-dealkylation sites (tertiary alicyclic amines) is 1. The van der Waals surface area contributed by atoms with Crippen molar-refractivity contribution in [1.29, 1.82) is 0 Å². The van der Waals surface area contributed by atoms with E-state index in [9.17, 15) is 4.79 Å². The maximum Gasteiger partial charge on any atom is 0.410 e. The highest BCUT2D eigenvalue weighted by Gasteiger charge is 2.25. The molecule has 1 aromatic rings. The lowest BCUT2D eigenvalue weighted by Crippen LogP contribution is -2.37. The van der Waals surface area contributed by atoms with Crippen molar-refractivity contribution in [2.45, 2.75) is 51.7 Å². The van der Waals surface area contributed by atoms with Gasteiger partial charge in [-0.25, -0.2) is 9.78 Å². The van der Waals surface area contributed by atoms with Crippen molar-refractivity contribution in [1.82, 2.24) is 9.88 Å². The third-order valence-corrected chi connectivity index (χ3v) is 3.84. The molecule has 0 saturated carbocycles. The van der Waals surface area contributed by atoms with Crippen LogP contribution in [0.4, 0.5) is 9.93 Å². The molecule has 112 valence electrons. The zero-order chi connectivity index (χ0) is 14.6. The van der Waals surface area contributed by atoms with Gasteiger partial charge < -0.3 is 15.0 Å². The summed E-state index contributed by atoms with van der Waals surface area (Å²) in [7, 11) is 0. The number of amides is 1. The van der Waals surface area contributed by atoms with Gasteiger partial charge >= 0.3 is 6.09 Å². The van der Waals surface area contributed by atoms with Crippen molar-refractivity contribution in [3.05, 3.63) is 11.6 Å². The SMILES string of the molecule is CC(C)(C)OC(=O)N1CCCC(Nc2nccs2)CC1. The van der Waals surface area contributed by atoms with Crippen molar-refractivity contribution >= 4 is 22.6 Å². The third kappa shape index (κ3) is 4.67. The molecule has 1 fully saturated rings. The Balaban J connectivity index is 1.84. The first-order chi connectivity index (χ1) is 9.44. The second-order valence-corrected chi connectivity index (χ2v) is 6.97. The topological polar surface area (TPSA) is 54.5 Å². The predicted molar refractivity (Wildman–Crippen MR) is 81.2 cm³/mol. The fraction of sp³-hybridized carbons (Fsp3) is 0.714. The average Bonchev–Trinajstić information content (AvgIpc) is 2.72. The number of carbonyl (C=O) groups excluding carboxylic acids is 1. The van der Waals surface area contributed by atoms with E-state index in [4.69, 9.17) is 4.74 Å². The number of hydrogen-bond donors (Lipinski definition) is 1. The Labute approximate surface area is 124 Å². The molecule has 6 heteroatoms. The molecule has 0 aliphatic carbocycles. The van der Waals surface area contributed by atoms with E-state index in [0.29, 0.717) is 6.04 Å². The minimum Gasteiger partial charge on any atom is -0.444 e. The van der Waals surface area contributed by atoms with Gasteiger partial charge in [0.05, 0.1) is 0 Å². The molecular weight excluding hydrogens is 274 g/mol. The van der Waals surface area contributed by atoms with E-state index in [1.54, 1.807) is 17.5 Å². The van der Waals surface area contributed by atoms with Gasteiger partial charge in [-0.05, 0) is 40.0 Å². The van der Waals surface area contributed by atoms with Crippen LogP contribution in [0.25, 0.3) is 0 Å². The van der Waals surface area contributed by atoms with E-state index in [1.165, 1.54) is 0 Å². The van der Waals surface area contributed by atoms with Gasteiger partial charge in [-0.1, -0.05) is 0 Å². The minimum absolute atomic E-state index is 0.201. The zero-order valence-corrected chi connectivity index (χ0v) is 13.2. The molecule has 0 aromatic carbocycles. The number of thiazole rings is 1. The summed E-state index contributed by atoms with van der Waals surface area (Å²) in [5, 5.41) is 6.36. The molecule has 1 amide bonds. The Kier molecular flexibility index (Phi) is 4.86. The smallest absolute Gasteiger partial charge is 0.410 e. The summed E-state index contributed by atoms with van der Waals surface area (Å²) in [4.78, 5) is 18.1. The zero-order valence-electron chi connectivity index (χ0n) is 12.4. The number of ether oxygens (including phenoxy) is 1. The lowest BCUT2D eigenvalue weighted by Gasteiger charge is -2.26. The van der Waals surface area contributed by atoms with Gasteiger partial charge in [0.1, 0.15) is 5.60 Å². The number of nitrogens with zero attached hydrogens (tertiary/aromatic N) is 2. The van der Waals surface area contributed by atoms with Crippen molar-refractivity contribution in [3.63, 3.8) is 0 Å². The summed E-state index contributed by atoms with van der Waals surface area (Å²) >= 11 is 1.61. The second-order valence-electron chi connectivity index (χ2n) is 6.08. The molecule has 20 heavy (non-hydrogen) atoms. The summed E-state index contributed by atoms with van der Waals surface area (Å²) in [6.07, 6.45) is 4.57. The van der Waals surface area contributed by atoms with Crippen LogP contribution >= 0.6 is 11.3 Å². The summed E-state index contributed by atoms with van der Waals surface area (Å²) in [5.74, 6) is 0. The van der Waals surface area contributed by atoms with Gasteiger partial charge in [0.15, 0.2) is 5.13 Å². The molecule has 0 radical (unpaired) electrons. The molecule has 1 aliphatic rings. The van der Waals surface area contributed by atoms with E-state index in [2.05, 4.69) is 10.3 Å². The lowest BCUT2D eigenvalue weighted by atomic mass is 10.1. The minimum atomic E-state index is -0.429. The molecule has 1 unspecified atom stereocenters. The van der Waals surface area contributed by atoms with Crippen molar-refractivity contribution in [2.24, 2.45) is 0 Å². The first kappa shape index (κ1) is 15.1. The van der Waals surface area contributed by atoms with Crippen LogP contribution in [0, 0.1) is 0 Å². The molecule has 5 nitrogen and oxygen atoms in total. The predicted octanol–water partition coefficient (Wildman–Crippen LogP) is 3.34. The molecule has 2 rings (SSSR count). The van der Waals surface area contributed by atoms with Crippen LogP contribution in [0.3, 0.4) is 0 Å². The number of rotatable bonds is 2. The van der Waals surface area contributed by atoms with Crippen molar-refractivity contribution in [3.8, 4) is 0 Å². The number of carbonyl (C=O) groups is 1. The van der Waals surface area contributed by atoms with Gasteiger partial charge in [0.2, 0.25) is 0 Å². The van der Waals surface area contributed by atoms with Crippen molar-refractivity contribution < 1.29 is 9.53 Å². The summed E-state index contributed by atoms with van der Waals surface area (Å²) in [5.41, 5.74) is -0.429. The highest BCUT2D eigenvalue weighted by molar-refractivity contribution is 7.13. The lowest BCUT2D eigenvalue weighted by molar-refractivity contribution is 0.0256. The molecule has 1 aliphatic heterocycles. The number of hydrogen-bond acceptors (Lipinski definition) is 5. The van der Waals surface area contributed by atoms with E-state index >= 15 is 0 Å². The van der Waals surface area contributed by atoms with Gasteiger partial charge in [-0.3, -0.25) is 0 Å². The Bertz CT molecular complexity index is 428. The van der Waals surface area contributed by atoms with Crippen LogP contribution < -0.4 is 5.32 Å². The van der Waals surface area contributed by atoms with Crippen LogP contribution in [-0.2, 0) is 4.74 Å². The third-order valence-electron chi connectivity index (χ3n) is 3.14. The van der Waals surface area contributed by atoms with Crippen molar-refractivity contribution in [2.75, 3.05) is 18.4 Å². The fourth-order valence-electron chi connectivity index (χ4n) is 2.22. The monoisotopic (exact) mass is 297 g/mol. The first-order valence-corrected chi connectivity index (χ1v) is 7.96. The quantitative estimate of drug-likeness (QED) is 0.909. The maximum absolute atomic E-state index is 12.1. The number of nitrogens with one attached hydrogen (secondary N) is 1. The fourth-order valence-corrected chi connectivity index (χ4v) is 2.83. The normalized spacial score (nSPS) is 20.4. The largest absolute Gasteiger partial charge is 0.444 e. The van der Waals surface area contributed by atoms with Crippen LogP contribution in [0.2, 0.25) is 0 Å². The molecule has 1 saturated heterocycles. The molecule has 1 atom stereocenters. The van der Waals surface area contributed by atoms with E-state index in [1.807, 2.05) is 31.1 Å². The van der Waals surface area contributed by atoms with Crippen LogP contribution in [0.5, 0.6) is 0 Å². The van der Waals surface area contributed by atoms with E-state index in [0.717, 1.165) is 37.5 Å². The maximum atomic E-state index is 12.1. The molecular formula is C14H23N3O2S. The van der Waals surface area contributed by atoms with Gasteiger partial charge in [-0.15, -0.1) is 11.3 Å². The number of aromatic nitrogens is 1. The Morgan fingerprint density at radius 1 is 1.45 bits per heavy atom. The van der Waals surface area contributed by atoms with E-state index < -0.39 is 5.60 Å². The molecule has 1 N–H and O–H groups in total. The molecule has 2 heterocycles. The number of anilines is 1. The van der Waals surface area contributed by atoms with Gasteiger partial charge in [-0.2, -0.15) is 0 Å². The highest BCUT2D eigenvalue weighted by Crippen LogP contribution is 2.19. The first-order valence-electron chi connectivity index (χ1n) is 7.08. The van der Waals surface area contributed by atoms with Gasteiger partial charge in [0.25, 0.3) is 0 Å². The van der Waals surface area contributed by atoms with E-state index in [-0.39, 0.29) is 6.09 Å². The Morgan fingerprint density at radius 3 is 2.90 bits per heavy atom.